The molecule has 2 bridgehead atoms. The predicted molar refractivity (Wildman–Crippen MR) is 168 cm³/mol. The van der Waals surface area contributed by atoms with Crippen molar-refractivity contribution in [2.45, 2.75) is 62.4 Å². The van der Waals surface area contributed by atoms with Crippen molar-refractivity contribution in [2.75, 3.05) is 31.1 Å². The van der Waals surface area contributed by atoms with Crippen LogP contribution in [-0.4, -0.2) is 75.9 Å². The van der Waals surface area contributed by atoms with E-state index in [1.54, 1.807) is 30.5 Å². The molecule has 230 valence electrons. The van der Waals surface area contributed by atoms with Crippen LogP contribution in [0.3, 0.4) is 0 Å². The molecule has 8 rings (SSSR count). The van der Waals surface area contributed by atoms with E-state index >= 15 is 4.39 Å². The number of aromatic nitrogens is 3. The van der Waals surface area contributed by atoms with Gasteiger partial charge in [-0.2, -0.15) is 9.97 Å². The van der Waals surface area contributed by atoms with Crippen molar-refractivity contribution in [3.05, 3.63) is 65.9 Å². The summed E-state index contributed by atoms with van der Waals surface area (Å²) in [5, 5.41) is 5.16. The molecule has 0 saturated carbocycles. The Hall–Kier alpha value is -4.20. The highest BCUT2D eigenvalue weighted by atomic mass is 19.1. The predicted octanol–water partition coefficient (Wildman–Crippen LogP) is 5.55. The molecule has 4 fully saturated rings. The third-order valence-corrected chi connectivity index (χ3v) is 10.2. The summed E-state index contributed by atoms with van der Waals surface area (Å²) in [4.78, 5) is 18.3. The number of alkyl halides is 1. The molecule has 2 aromatic heterocycles. The zero-order valence-corrected chi connectivity index (χ0v) is 25.0. The molecule has 4 aromatic rings. The van der Waals surface area contributed by atoms with Crippen LogP contribution < -0.4 is 15.0 Å². The van der Waals surface area contributed by atoms with Crippen LogP contribution in [0.25, 0.3) is 32.9 Å². The number of piperazine rings is 1. The Morgan fingerprint density at radius 3 is 2.73 bits per heavy atom. The van der Waals surface area contributed by atoms with Crippen molar-refractivity contribution in [1.82, 2.24) is 25.2 Å². The molecule has 7 nitrogen and oxygen atoms in total. The molecule has 0 amide bonds. The SMILES string of the molecule is C#Cc1c(F)ccc2cccc(-c3ncc4c(N5C[C@H]6CC[C@@H](C5)N6)nc(OC[C@]56CC(=C)CN5[C@H](C)[C@@H](F)C6)nc4c3F)c12. The maximum absolute atomic E-state index is 16.8. The quantitative estimate of drug-likeness (QED) is 0.235. The van der Waals surface area contributed by atoms with Gasteiger partial charge in [0.1, 0.15) is 35.6 Å². The van der Waals surface area contributed by atoms with Crippen molar-refractivity contribution in [3.63, 3.8) is 0 Å². The first-order chi connectivity index (χ1) is 21.7. The zero-order valence-electron chi connectivity index (χ0n) is 25.0. The summed E-state index contributed by atoms with van der Waals surface area (Å²) in [6.07, 6.45) is 9.38. The summed E-state index contributed by atoms with van der Waals surface area (Å²) >= 11 is 0. The molecular formula is C35H33F3N6O. The van der Waals surface area contributed by atoms with E-state index < -0.39 is 23.3 Å². The van der Waals surface area contributed by atoms with Crippen LogP contribution >= 0.6 is 0 Å². The van der Waals surface area contributed by atoms with Gasteiger partial charge in [0, 0.05) is 61.3 Å². The number of benzene rings is 2. The number of halogens is 3. The smallest absolute Gasteiger partial charge is 0.319 e. The van der Waals surface area contributed by atoms with Gasteiger partial charge in [0.2, 0.25) is 0 Å². The Morgan fingerprint density at radius 2 is 1.96 bits per heavy atom. The molecule has 6 heterocycles. The van der Waals surface area contributed by atoms with E-state index in [1.165, 1.54) is 6.07 Å². The number of terminal acetylenes is 1. The minimum Gasteiger partial charge on any atom is -0.461 e. The average molecular weight is 611 g/mol. The lowest BCUT2D eigenvalue weighted by Crippen LogP contribution is -2.51. The average Bonchev–Trinajstić information content (AvgIpc) is 3.63. The number of hydrogen-bond acceptors (Lipinski definition) is 7. The molecule has 0 spiro atoms. The number of fused-ring (bicyclic) bond motifs is 5. The summed E-state index contributed by atoms with van der Waals surface area (Å²) < 4.78 is 52.8. The van der Waals surface area contributed by atoms with Gasteiger partial charge >= 0.3 is 6.01 Å². The van der Waals surface area contributed by atoms with Crippen LogP contribution in [0.2, 0.25) is 0 Å². The zero-order chi connectivity index (χ0) is 31.0. The van der Waals surface area contributed by atoms with Crippen molar-refractivity contribution >= 4 is 27.5 Å². The summed E-state index contributed by atoms with van der Waals surface area (Å²) in [6.45, 7) is 8.24. The lowest BCUT2D eigenvalue weighted by molar-refractivity contribution is 0.0879. The third kappa shape index (κ3) is 4.47. The highest BCUT2D eigenvalue weighted by Gasteiger charge is 2.54. The van der Waals surface area contributed by atoms with Gasteiger partial charge in [0.25, 0.3) is 0 Å². The van der Waals surface area contributed by atoms with Crippen LogP contribution in [-0.2, 0) is 0 Å². The summed E-state index contributed by atoms with van der Waals surface area (Å²) in [7, 11) is 0. The largest absolute Gasteiger partial charge is 0.461 e. The van der Waals surface area contributed by atoms with Crippen molar-refractivity contribution in [1.29, 1.82) is 0 Å². The van der Waals surface area contributed by atoms with E-state index in [-0.39, 0.29) is 35.4 Å². The van der Waals surface area contributed by atoms with Gasteiger partial charge in [-0.05, 0) is 37.6 Å². The van der Waals surface area contributed by atoms with Gasteiger partial charge < -0.3 is 15.0 Å². The number of ether oxygens (including phenoxy) is 1. The van der Waals surface area contributed by atoms with Crippen LogP contribution in [0.1, 0.15) is 38.2 Å². The van der Waals surface area contributed by atoms with Gasteiger partial charge in [0.05, 0.1) is 16.5 Å². The molecule has 5 atom stereocenters. The first-order valence-electron chi connectivity index (χ1n) is 15.5. The number of nitrogens with zero attached hydrogens (tertiary/aromatic N) is 5. The minimum absolute atomic E-state index is 0.00734. The Bertz CT molecular complexity index is 1910. The van der Waals surface area contributed by atoms with Gasteiger partial charge in [0.15, 0.2) is 5.82 Å². The molecule has 2 aromatic carbocycles. The molecule has 45 heavy (non-hydrogen) atoms. The Labute approximate surface area is 259 Å². The standard InChI is InChI=1S/C35H33F3N6O/c1-4-24-27(36)11-8-21-6-5-7-25(29(21)24)31-30(38)32-26(14-39-31)33(43-16-22-9-10-23(17-43)40-22)42-34(41-32)45-18-35-12-19(2)15-44(35)20(3)28(37)13-35/h1,5-8,11,14,20,22-23,28,40H,2,9-10,12-13,15-18H2,3H3/t20-,22-,23+,28+,35-/m1/s1. The van der Waals surface area contributed by atoms with Crippen LogP contribution in [0.15, 0.2) is 48.7 Å². The lowest BCUT2D eigenvalue weighted by Gasteiger charge is -2.35. The molecule has 0 unspecified atom stereocenters. The second kappa shape index (κ2) is 10.4. The molecule has 1 N–H and O–H groups in total. The van der Waals surface area contributed by atoms with Gasteiger partial charge in [-0.15, -0.1) is 6.42 Å². The summed E-state index contributed by atoms with van der Waals surface area (Å²) in [6, 6.07) is 8.56. The molecule has 0 radical (unpaired) electrons. The highest BCUT2D eigenvalue weighted by Crippen LogP contribution is 2.45. The van der Waals surface area contributed by atoms with E-state index in [0.717, 1.165) is 18.4 Å². The molecule has 4 saturated heterocycles. The van der Waals surface area contributed by atoms with Crippen molar-refractivity contribution in [2.24, 2.45) is 0 Å². The number of rotatable bonds is 5. The number of nitrogens with one attached hydrogen (secondary N) is 1. The maximum Gasteiger partial charge on any atom is 0.319 e. The first-order valence-corrected chi connectivity index (χ1v) is 15.5. The van der Waals surface area contributed by atoms with Crippen LogP contribution in [0.4, 0.5) is 19.0 Å². The van der Waals surface area contributed by atoms with E-state index in [4.69, 9.17) is 16.1 Å². The minimum atomic E-state index is -0.976. The molecule has 0 aliphatic carbocycles. The fourth-order valence-corrected chi connectivity index (χ4v) is 8.09. The number of hydrogen-bond donors (Lipinski definition) is 1. The third-order valence-electron chi connectivity index (χ3n) is 10.2. The second-order valence-electron chi connectivity index (χ2n) is 13.1. The summed E-state index contributed by atoms with van der Waals surface area (Å²) in [5.41, 5.74) is 0.960. The Balaban J connectivity index is 1.26. The van der Waals surface area contributed by atoms with Gasteiger partial charge in [-0.25, -0.2) is 13.2 Å². The fourth-order valence-electron chi connectivity index (χ4n) is 8.09. The van der Waals surface area contributed by atoms with Crippen molar-refractivity contribution < 1.29 is 17.9 Å². The highest BCUT2D eigenvalue weighted by molar-refractivity contribution is 6.02. The normalized spacial score (nSPS) is 27.8. The van der Waals surface area contributed by atoms with Gasteiger partial charge in [-0.3, -0.25) is 9.88 Å². The Morgan fingerprint density at radius 1 is 1.16 bits per heavy atom. The molecule has 10 heteroatoms. The number of pyridine rings is 1. The van der Waals surface area contributed by atoms with E-state index in [9.17, 15) is 8.78 Å². The van der Waals surface area contributed by atoms with E-state index in [1.807, 2.05) is 6.92 Å². The van der Waals surface area contributed by atoms with E-state index in [0.29, 0.717) is 72.1 Å². The molecule has 4 aliphatic heterocycles. The first kappa shape index (κ1) is 28.3. The monoisotopic (exact) mass is 610 g/mol. The Kier molecular flexibility index (Phi) is 6.55. The molecule has 4 aliphatic rings. The van der Waals surface area contributed by atoms with Crippen LogP contribution in [0, 0.1) is 24.0 Å². The van der Waals surface area contributed by atoms with Crippen molar-refractivity contribution in [3.8, 4) is 29.6 Å². The summed E-state index contributed by atoms with van der Waals surface area (Å²) in [5.74, 6) is 1.74. The topological polar surface area (TPSA) is 66.4 Å². The number of anilines is 1. The fraction of sp³-hybridized carbons (Fsp3) is 0.400. The second-order valence-corrected chi connectivity index (χ2v) is 13.1. The maximum atomic E-state index is 16.8. The van der Waals surface area contributed by atoms with Gasteiger partial charge in [-0.1, -0.05) is 42.3 Å². The van der Waals surface area contributed by atoms with Crippen LogP contribution in [0.5, 0.6) is 6.01 Å². The molecular weight excluding hydrogens is 577 g/mol. The van der Waals surface area contributed by atoms with E-state index in [2.05, 4.69) is 37.6 Å². The lowest BCUT2D eigenvalue weighted by atomic mass is 9.93.